The highest BCUT2D eigenvalue weighted by Gasteiger charge is 2.41. The molecule has 29 heavy (non-hydrogen) atoms. The van der Waals surface area contributed by atoms with E-state index >= 15 is 0 Å². The number of carbonyl (C=O) groups excluding carboxylic acids is 2. The first-order valence-electron chi connectivity index (χ1n) is 8.84. The maximum Gasteiger partial charge on any atom is 0.345 e. The number of amides is 4. The molecule has 0 radical (unpaired) electrons. The molecule has 0 aliphatic carbocycles. The van der Waals surface area contributed by atoms with Crippen LogP contribution in [0.3, 0.4) is 0 Å². The van der Waals surface area contributed by atoms with Gasteiger partial charge in [0.05, 0.1) is 21.8 Å². The van der Waals surface area contributed by atoms with Crippen LogP contribution in [0.5, 0.6) is 0 Å². The van der Waals surface area contributed by atoms with Crippen molar-refractivity contribution in [3.8, 4) is 0 Å². The maximum absolute atomic E-state index is 12.8. The minimum Gasteiger partial charge on any atom is -0.347 e. The van der Waals surface area contributed by atoms with Crippen LogP contribution in [0.2, 0.25) is 5.02 Å². The van der Waals surface area contributed by atoms with Crippen molar-refractivity contribution in [2.45, 2.75) is 19.8 Å². The molecule has 1 unspecified atom stereocenters. The van der Waals surface area contributed by atoms with Crippen LogP contribution in [0.25, 0.3) is 10.2 Å². The predicted molar refractivity (Wildman–Crippen MR) is 113 cm³/mol. The number of anilines is 1. The highest BCUT2D eigenvalue weighted by molar-refractivity contribution is 7.18. The lowest BCUT2D eigenvalue weighted by Crippen LogP contribution is -2.69. The zero-order chi connectivity index (χ0) is 20.7. The van der Waals surface area contributed by atoms with E-state index in [0.29, 0.717) is 5.02 Å². The van der Waals surface area contributed by atoms with Crippen LogP contribution >= 0.6 is 22.9 Å². The number of nitrogens with two attached hydrogens (primary N) is 1. The van der Waals surface area contributed by atoms with Crippen LogP contribution in [0.1, 0.15) is 10.6 Å². The Hall–Kier alpha value is -2.88. The molecular weight excluding hydrogens is 412 g/mol. The summed E-state index contributed by atoms with van der Waals surface area (Å²) in [7, 11) is 1.40. The van der Waals surface area contributed by atoms with Crippen LogP contribution in [0.15, 0.2) is 42.5 Å². The summed E-state index contributed by atoms with van der Waals surface area (Å²) >= 11 is 7.53. The summed E-state index contributed by atoms with van der Waals surface area (Å²) in [5.74, 6) is 6.06. The number of halogens is 1. The van der Waals surface area contributed by atoms with Gasteiger partial charge in [-0.1, -0.05) is 23.7 Å². The fourth-order valence-corrected chi connectivity index (χ4v) is 4.17. The second kappa shape index (κ2) is 7.51. The van der Waals surface area contributed by atoms with Crippen molar-refractivity contribution in [1.82, 2.24) is 19.8 Å². The number of aromatic nitrogens is 1. The molecule has 10 heteroatoms. The first kappa shape index (κ1) is 19.4. The van der Waals surface area contributed by atoms with E-state index in [0.717, 1.165) is 36.4 Å². The van der Waals surface area contributed by atoms with Crippen LogP contribution in [0, 0.1) is 6.92 Å². The molecule has 1 fully saturated rings. The van der Waals surface area contributed by atoms with Crippen LogP contribution < -0.4 is 11.2 Å². The van der Waals surface area contributed by atoms with E-state index in [9.17, 15) is 9.59 Å². The maximum atomic E-state index is 12.8. The number of fused-ring (bicyclic) bond motifs is 1. The van der Waals surface area contributed by atoms with Crippen molar-refractivity contribution >= 4 is 50.9 Å². The smallest absolute Gasteiger partial charge is 0.345 e. The Kier molecular flexibility index (Phi) is 5.03. The fourth-order valence-electron chi connectivity index (χ4n) is 3.17. The number of urea groups is 2. The number of imide groups is 1. The van der Waals surface area contributed by atoms with E-state index in [1.165, 1.54) is 11.9 Å². The number of aryl methyl sites for hydroxylation is 1. The van der Waals surface area contributed by atoms with Crippen LogP contribution in [0.4, 0.5) is 15.3 Å². The van der Waals surface area contributed by atoms with Gasteiger partial charge in [0.25, 0.3) is 0 Å². The van der Waals surface area contributed by atoms with Gasteiger partial charge < -0.3 is 5.32 Å². The lowest BCUT2D eigenvalue weighted by molar-refractivity contribution is 0.0438. The number of hydrazine groups is 1. The number of hydrogen-bond acceptors (Lipinski definition) is 6. The zero-order valence-electron chi connectivity index (χ0n) is 15.8. The number of thiazole rings is 1. The lowest BCUT2D eigenvalue weighted by atomic mass is 10.2. The minimum atomic E-state index is -0.853. The third-order valence-corrected chi connectivity index (χ3v) is 5.84. The fraction of sp³-hybridized carbons (Fsp3) is 0.211. The molecule has 8 nitrogen and oxygen atoms in total. The van der Waals surface area contributed by atoms with Crippen molar-refractivity contribution in [2.75, 3.05) is 12.4 Å². The van der Waals surface area contributed by atoms with Gasteiger partial charge in [-0.3, -0.25) is 4.90 Å². The molecule has 3 N–H and O–H groups in total. The number of hydrogen-bond donors (Lipinski definition) is 2. The average molecular weight is 431 g/mol. The molecule has 0 bridgehead atoms. The summed E-state index contributed by atoms with van der Waals surface area (Å²) in [5, 5.41) is 5.79. The molecule has 0 spiro atoms. The van der Waals surface area contributed by atoms with Gasteiger partial charge in [0, 0.05) is 17.8 Å². The number of benzene rings is 2. The molecule has 2 aromatic carbocycles. The summed E-state index contributed by atoms with van der Waals surface area (Å²) in [6, 6.07) is 11.8. The summed E-state index contributed by atoms with van der Waals surface area (Å²) in [6.45, 7) is 2.20. The zero-order valence-corrected chi connectivity index (χ0v) is 17.4. The molecule has 150 valence electrons. The Morgan fingerprint density at radius 1 is 1.17 bits per heavy atom. The number of rotatable bonds is 4. The molecule has 4 amide bonds. The summed E-state index contributed by atoms with van der Waals surface area (Å²) in [6.07, 6.45) is -0.853. The summed E-state index contributed by atoms with van der Waals surface area (Å²) < 4.78 is 1.01. The van der Waals surface area contributed by atoms with Gasteiger partial charge >= 0.3 is 12.1 Å². The molecule has 1 aliphatic rings. The Bertz CT molecular complexity index is 1090. The van der Waals surface area contributed by atoms with Gasteiger partial charge in [0.15, 0.2) is 0 Å². The van der Waals surface area contributed by atoms with E-state index in [1.807, 2.05) is 37.3 Å². The first-order valence-corrected chi connectivity index (χ1v) is 10.0. The van der Waals surface area contributed by atoms with Gasteiger partial charge in [-0.25, -0.2) is 30.3 Å². The topological polar surface area (TPSA) is 94.8 Å². The predicted octanol–water partition coefficient (Wildman–Crippen LogP) is 3.82. The van der Waals surface area contributed by atoms with Crippen LogP contribution in [-0.4, -0.2) is 45.2 Å². The Morgan fingerprint density at radius 3 is 2.62 bits per heavy atom. The van der Waals surface area contributed by atoms with E-state index < -0.39 is 18.4 Å². The van der Waals surface area contributed by atoms with Gasteiger partial charge in [0.1, 0.15) is 0 Å². The molecule has 1 atom stereocenters. The molecule has 1 aliphatic heterocycles. The highest BCUT2D eigenvalue weighted by atomic mass is 35.5. The van der Waals surface area contributed by atoms with Gasteiger partial charge in [-0.05, 0) is 42.8 Å². The van der Waals surface area contributed by atoms with E-state index in [1.54, 1.807) is 23.5 Å². The normalized spacial score (nSPS) is 17.4. The van der Waals surface area contributed by atoms with Gasteiger partial charge in [0.2, 0.25) is 6.29 Å². The van der Waals surface area contributed by atoms with Gasteiger partial charge in [-0.2, -0.15) is 0 Å². The quantitative estimate of drug-likeness (QED) is 0.484. The molecule has 0 saturated carbocycles. The Morgan fingerprint density at radius 2 is 1.90 bits per heavy atom. The third-order valence-electron chi connectivity index (χ3n) is 4.66. The molecule has 2 heterocycles. The second-order valence-electron chi connectivity index (χ2n) is 6.72. The molecule has 1 saturated heterocycles. The lowest BCUT2D eigenvalue weighted by Gasteiger charge is -2.44. The Balaban J connectivity index is 1.66. The van der Waals surface area contributed by atoms with E-state index in [4.69, 9.17) is 17.4 Å². The minimum absolute atomic E-state index is 0.251. The summed E-state index contributed by atoms with van der Waals surface area (Å²) in [5.41, 5.74) is 2.49. The molecule has 4 rings (SSSR count). The average Bonchev–Trinajstić information content (AvgIpc) is 3.08. The monoisotopic (exact) mass is 430 g/mol. The number of nitrogens with zero attached hydrogens (tertiary/aromatic N) is 4. The van der Waals surface area contributed by atoms with E-state index in [-0.39, 0.29) is 6.54 Å². The molecule has 3 aromatic rings. The van der Waals surface area contributed by atoms with Crippen LogP contribution in [-0.2, 0) is 6.54 Å². The van der Waals surface area contributed by atoms with Crippen molar-refractivity contribution < 1.29 is 9.59 Å². The van der Waals surface area contributed by atoms with Crippen molar-refractivity contribution in [3.05, 3.63) is 58.1 Å². The summed E-state index contributed by atoms with van der Waals surface area (Å²) in [4.78, 5) is 32.2. The molecule has 1 aromatic heterocycles. The second-order valence-corrected chi connectivity index (χ2v) is 8.39. The largest absolute Gasteiger partial charge is 0.347 e. The SMILES string of the molecule is Cc1nc2ccc(NC3N(N)C(=O)N(C)C(=O)N3Cc3ccc(Cl)cc3)cc2s1. The standard InChI is InChI=1S/C19H19ClN6O2S/c1-11-22-15-8-7-14(9-16(15)29-11)23-17-25(10-12-3-5-13(20)6-4-12)18(27)24(2)19(28)26(17)21/h3-9,17,23H,10,21H2,1-2H3. The van der Waals surface area contributed by atoms with Crippen molar-refractivity contribution in [1.29, 1.82) is 0 Å². The van der Waals surface area contributed by atoms with Crippen molar-refractivity contribution in [3.63, 3.8) is 0 Å². The highest BCUT2D eigenvalue weighted by Crippen LogP contribution is 2.27. The first-order chi connectivity index (χ1) is 13.8. The number of carbonyl (C=O) groups is 2. The number of nitrogens with one attached hydrogen (secondary N) is 1. The Labute approximate surface area is 176 Å². The third kappa shape index (κ3) is 3.71. The van der Waals surface area contributed by atoms with Crippen molar-refractivity contribution in [2.24, 2.45) is 5.84 Å². The van der Waals surface area contributed by atoms with E-state index in [2.05, 4.69) is 10.3 Å². The molecular formula is C19H19ClN6O2S. The van der Waals surface area contributed by atoms with Gasteiger partial charge in [-0.15, -0.1) is 11.3 Å².